The molecule has 0 fully saturated rings. The van der Waals surface area contributed by atoms with Crippen molar-refractivity contribution >= 4 is 12.1 Å². The molecule has 0 aromatic heterocycles. The Morgan fingerprint density at radius 1 is 1.23 bits per heavy atom. The number of ketones is 1. The smallest absolute Gasteiger partial charge is 0.160 e. The second-order valence-electron chi connectivity index (χ2n) is 3.20. The quantitative estimate of drug-likeness (QED) is 0.512. The van der Waals surface area contributed by atoms with Gasteiger partial charge in [-0.3, -0.25) is 9.59 Å². The molecule has 0 amide bonds. The van der Waals surface area contributed by atoms with Crippen LogP contribution in [0, 0.1) is 13.8 Å². The Labute approximate surface area is 77.6 Å². The normalized spacial score (nSPS) is 9.77. The molecule has 0 unspecified atom stereocenters. The van der Waals surface area contributed by atoms with E-state index in [1.807, 2.05) is 19.9 Å². The summed E-state index contributed by atoms with van der Waals surface area (Å²) in [6, 6.07) is 3.51. The van der Waals surface area contributed by atoms with Crippen LogP contribution in [-0.4, -0.2) is 12.1 Å². The van der Waals surface area contributed by atoms with Gasteiger partial charge in [-0.15, -0.1) is 0 Å². The third-order valence-electron chi connectivity index (χ3n) is 2.12. The van der Waals surface area contributed by atoms with Gasteiger partial charge in [0.2, 0.25) is 0 Å². The molecule has 0 saturated carbocycles. The lowest BCUT2D eigenvalue weighted by Gasteiger charge is -2.05. The van der Waals surface area contributed by atoms with Crippen molar-refractivity contribution in [2.45, 2.75) is 20.8 Å². The predicted octanol–water partition coefficient (Wildman–Crippen LogP) is 2.32. The topological polar surface area (TPSA) is 34.1 Å². The molecule has 1 rings (SSSR count). The second kappa shape index (κ2) is 3.52. The summed E-state index contributed by atoms with van der Waals surface area (Å²) >= 11 is 0. The molecule has 0 bridgehead atoms. The van der Waals surface area contributed by atoms with Crippen LogP contribution in [0.1, 0.15) is 38.8 Å². The Balaban J connectivity index is 3.38. The maximum Gasteiger partial charge on any atom is 0.160 e. The zero-order valence-electron chi connectivity index (χ0n) is 8.05. The molecule has 68 valence electrons. The lowest BCUT2D eigenvalue weighted by molar-refractivity contribution is 0.101. The van der Waals surface area contributed by atoms with Gasteiger partial charge in [-0.25, -0.2) is 0 Å². The van der Waals surface area contributed by atoms with Crippen LogP contribution >= 0.6 is 0 Å². The highest BCUT2D eigenvalue weighted by Gasteiger charge is 2.06. The summed E-state index contributed by atoms with van der Waals surface area (Å²) in [5, 5.41) is 0. The molecular formula is C11H12O2. The van der Waals surface area contributed by atoms with E-state index in [1.54, 1.807) is 6.07 Å². The summed E-state index contributed by atoms with van der Waals surface area (Å²) in [6.07, 6.45) is 0.779. The van der Waals surface area contributed by atoms with Gasteiger partial charge in [-0.1, -0.05) is 6.07 Å². The van der Waals surface area contributed by atoms with Crippen LogP contribution in [0.3, 0.4) is 0 Å². The van der Waals surface area contributed by atoms with E-state index < -0.39 is 0 Å². The molecule has 0 saturated heterocycles. The van der Waals surface area contributed by atoms with E-state index in [0.29, 0.717) is 11.1 Å². The van der Waals surface area contributed by atoms with Crippen LogP contribution < -0.4 is 0 Å². The lowest BCUT2D eigenvalue weighted by Crippen LogP contribution is -1.99. The first-order valence-electron chi connectivity index (χ1n) is 4.13. The van der Waals surface area contributed by atoms with Crippen molar-refractivity contribution in [3.8, 4) is 0 Å². The van der Waals surface area contributed by atoms with E-state index in [-0.39, 0.29) is 5.78 Å². The lowest BCUT2D eigenvalue weighted by atomic mass is 9.98. The largest absolute Gasteiger partial charge is 0.298 e. The highest BCUT2D eigenvalue weighted by Crippen LogP contribution is 2.14. The third kappa shape index (κ3) is 1.83. The Morgan fingerprint density at radius 2 is 1.85 bits per heavy atom. The highest BCUT2D eigenvalue weighted by molar-refractivity contribution is 5.97. The monoisotopic (exact) mass is 176 g/mol. The maximum atomic E-state index is 11.1. The van der Waals surface area contributed by atoms with Crippen molar-refractivity contribution in [3.05, 3.63) is 34.4 Å². The minimum absolute atomic E-state index is 0.000556. The van der Waals surface area contributed by atoms with Crippen molar-refractivity contribution < 1.29 is 9.59 Å². The molecule has 0 N–H and O–H groups in total. The van der Waals surface area contributed by atoms with Crippen LogP contribution in [-0.2, 0) is 0 Å². The fourth-order valence-corrected chi connectivity index (χ4v) is 1.38. The third-order valence-corrected chi connectivity index (χ3v) is 2.12. The van der Waals surface area contributed by atoms with Crippen LogP contribution in [0.2, 0.25) is 0 Å². The van der Waals surface area contributed by atoms with Gasteiger partial charge in [-0.05, 0) is 38.0 Å². The van der Waals surface area contributed by atoms with E-state index in [4.69, 9.17) is 0 Å². The minimum atomic E-state index is 0.000556. The number of Topliss-reactive ketones (excluding diaryl/α,β-unsaturated/α-hetero) is 1. The van der Waals surface area contributed by atoms with E-state index in [0.717, 1.165) is 17.4 Å². The molecule has 1 aromatic carbocycles. The number of carbonyl (C=O) groups is 2. The van der Waals surface area contributed by atoms with Gasteiger partial charge >= 0.3 is 0 Å². The van der Waals surface area contributed by atoms with E-state index >= 15 is 0 Å². The van der Waals surface area contributed by atoms with Gasteiger partial charge in [-0.2, -0.15) is 0 Å². The first-order chi connectivity index (χ1) is 6.06. The van der Waals surface area contributed by atoms with Gasteiger partial charge in [0.05, 0.1) is 0 Å². The van der Waals surface area contributed by atoms with Gasteiger partial charge < -0.3 is 0 Å². The van der Waals surface area contributed by atoms with Gasteiger partial charge in [0.1, 0.15) is 6.29 Å². The van der Waals surface area contributed by atoms with E-state index in [1.165, 1.54) is 6.92 Å². The number of carbonyl (C=O) groups excluding carboxylic acids is 2. The zero-order valence-corrected chi connectivity index (χ0v) is 8.05. The molecule has 2 nitrogen and oxygen atoms in total. The molecule has 0 aliphatic heterocycles. The fraction of sp³-hybridized carbons (Fsp3) is 0.273. The molecule has 0 radical (unpaired) electrons. The van der Waals surface area contributed by atoms with Crippen LogP contribution in [0.5, 0.6) is 0 Å². The minimum Gasteiger partial charge on any atom is -0.298 e. The Morgan fingerprint density at radius 3 is 2.31 bits per heavy atom. The van der Waals surface area contributed by atoms with Gasteiger partial charge in [0.25, 0.3) is 0 Å². The molecular weight excluding hydrogens is 164 g/mol. The molecule has 13 heavy (non-hydrogen) atoms. The van der Waals surface area contributed by atoms with Crippen LogP contribution in [0.25, 0.3) is 0 Å². The summed E-state index contributed by atoms with van der Waals surface area (Å²) < 4.78 is 0. The average Bonchev–Trinajstić information content (AvgIpc) is 2.03. The summed E-state index contributed by atoms with van der Waals surface area (Å²) in [7, 11) is 0. The Bertz CT molecular complexity index is 365. The second-order valence-corrected chi connectivity index (χ2v) is 3.20. The molecule has 2 heteroatoms. The van der Waals surface area contributed by atoms with E-state index in [9.17, 15) is 9.59 Å². The summed E-state index contributed by atoms with van der Waals surface area (Å²) in [5.74, 6) is 0.000556. The molecule has 0 spiro atoms. The number of hydrogen-bond acceptors (Lipinski definition) is 2. The van der Waals surface area contributed by atoms with Crippen LogP contribution in [0.15, 0.2) is 12.1 Å². The molecule has 0 aliphatic rings. The Kier molecular flexibility index (Phi) is 2.61. The number of benzene rings is 1. The molecule has 0 heterocycles. The van der Waals surface area contributed by atoms with Crippen molar-refractivity contribution in [3.63, 3.8) is 0 Å². The number of rotatable bonds is 2. The summed E-state index contributed by atoms with van der Waals surface area (Å²) in [6.45, 7) is 5.24. The first-order valence-corrected chi connectivity index (χ1v) is 4.13. The molecule has 0 aliphatic carbocycles. The summed E-state index contributed by atoms with van der Waals surface area (Å²) in [4.78, 5) is 21.7. The van der Waals surface area contributed by atoms with Crippen molar-refractivity contribution in [2.24, 2.45) is 0 Å². The zero-order chi connectivity index (χ0) is 10.0. The van der Waals surface area contributed by atoms with Crippen molar-refractivity contribution in [2.75, 3.05) is 0 Å². The Hall–Kier alpha value is -1.44. The summed E-state index contributed by atoms with van der Waals surface area (Å²) in [5.41, 5.74) is 3.07. The predicted molar refractivity (Wildman–Crippen MR) is 51.3 cm³/mol. The van der Waals surface area contributed by atoms with Gasteiger partial charge in [0.15, 0.2) is 5.78 Å². The van der Waals surface area contributed by atoms with E-state index in [2.05, 4.69) is 0 Å². The SMILES string of the molecule is CC(=O)c1cc(C=O)c(C)cc1C. The van der Waals surface area contributed by atoms with Gasteiger partial charge in [0, 0.05) is 11.1 Å². The number of hydrogen-bond donors (Lipinski definition) is 0. The molecule has 0 atom stereocenters. The first kappa shape index (κ1) is 9.65. The maximum absolute atomic E-state index is 11.1. The number of aryl methyl sites for hydroxylation is 2. The highest BCUT2D eigenvalue weighted by atomic mass is 16.1. The standard InChI is InChI=1S/C11H12O2/c1-7-4-8(2)11(9(3)13)5-10(7)6-12/h4-6H,1-3H3. The van der Waals surface area contributed by atoms with Crippen molar-refractivity contribution in [1.29, 1.82) is 0 Å². The van der Waals surface area contributed by atoms with Crippen molar-refractivity contribution in [1.82, 2.24) is 0 Å². The fourth-order valence-electron chi connectivity index (χ4n) is 1.38. The molecule has 1 aromatic rings. The number of aldehydes is 1. The average molecular weight is 176 g/mol. The van der Waals surface area contributed by atoms with Crippen LogP contribution in [0.4, 0.5) is 0 Å².